The average Bonchev–Trinajstić information content (AvgIpc) is 3.24. The summed E-state index contributed by atoms with van der Waals surface area (Å²) in [6.45, 7) is 2.60. The van der Waals surface area contributed by atoms with Gasteiger partial charge in [0.25, 0.3) is 5.91 Å². The Bertz CT molecular complexity index is 1220. The first-order valence-electron chi connectivity index (χ1n) is 10.3. The van der Waals surface area contributed by atoms with Crippen LogP contribution in [0.4, 0.5) is 5.69 Å². The van der Waals surface area contributed by atoms with Crippen LogP contribution in [0, 0.1) is 6.92 Å². The minimum absolute atomic E-state index is 0.261. The maximum atomic E-state index is 13.3. The van der Waals surface area contributed by atoms with Crippen molar-refractivity contribution in [3.8, 4) is 22.8 Å². The molecule has 0 aliphatic rings. The van der Waals surface area contributed by atoms with Crippen LogP contribution in [0.25, 0.3) is 11.3 Å². The average molecular weight is 428 g/mol. The lowest BCUT2D eigenvalue weighted by molar-refractivity contribution is 0.102. The molecule has 0 bridgehead atoms. The number of nitrogens with zero attached hydrogens (tertiary/aromatic N) is 2. The fraction of sp³-hybridized carbons (Fsp3) is 0.154. The molecule has 0 aliphatic heterocycles. The highest BCUT2D eigenvalue weighted by Gasteiger charge is 2.20. The molecule has 1 heterocycles. The van der Waals surface area contributed by atoms with Crippen LogP contribution in [0.2, 0.25) is 0 Å². The number of aromatic nitrogens is 2. The van der Waals surface area contributed by atoms with Crippen molar-refractivity contribution in [3.05, 3.63) is 95.7 Å². The Morgan fingerprint density at radius 2 is 1.72 bits per heavy atom. The Labute approximate surface area is 187 Å². The number of anilines is 1. The maximum Gasteiger partial charge on any atom is 0.259 e. The SMILES string of the molecule is COc1ccc(NC(=O)c2cn(Cc3ccccc3)nc2-c2ccc(C)cc2)c(OC)c1. The first kappa shape index (κ1) is 21.2. The minimum atomic E-state index is -0.261. The highest BCUT2D eigenvalue weighted by molar-refractivity contribution is 6.08. The largest absolute Gasteiger partial charge is 0.497 e. The molecule has 0 atom stereocenters. The Morgan fingerprint density at radius 1 is 0.969 bits per heavy atom. The monoisotopic (exact) mass is 427 g/mol. The highest BCUT2D eigenvalue weighted by Crippen LogP contribution is 2.30. The van der Waals surface area contributed by atoms with Gasteiger partial charge in [-0.1, -0.05) is 60.2 Å². The second-order valence-corrected chi connectivity index (χ2v) is 7.46. The van der Waals surface area contributed by atoms with Gasteiger partial charge in [0.15, 0.2) is 0 Å². The van der Waals surface area contributed by atoms with Crippen LogP contribution in [0.5, 0.6) is 11.5 Å². The summed E-state index contributed by atoms with van der Waals surface area (Å²) in [7, 11) is 3.14. The van der Waals surface area contributed by atoms with E-state index in [1.165, 1.54) is 0 Å². The zero-order valence-electron chi connectivity index (χ0n) is 18.3. The van der Waals surface area contributed by atoms with Gasteiger partial charge in [0.1, 0.15) is 17.2 Å². The number of carbonyl (C=O) groups excluding carboxylic acids is 1. The van der Waals surface area contributed by atoms with Crippen molar-refractivity contribution in [2.75, 3.05) is 19.5 Å². The summed E-state index contributed by atoms with van der Waals surface area (Å²) in [5.74, 6) is 0.908. The van der Waals surface area contributed by atoms with Gasteiger partial charge in [-0.2, -0.15) is 5.10 Å². The van der Waals surface area contributed by atoms with Crippen LogP contribution in [0.1, 0.15) is 21.5 Å². The number of hydrogen-bond acceptors (Lipinski definition) is 4. The summed E-state index contributed by atoms with van der Waals surface area (Å²) in [6.07, 6.45) is 1.79. The van der Waals surface area contributed by atoms with E-state index in [0.29, 0.717) is 35.0 Å². The van der Waals surface area contributed by atoms with E-state index in [4.69, 9.17) is 14.6 Å². The lowest BCUT2D eigenvalue weighted by Crippen LogP contribution is -2.13. The number of amides is 1. The molecule has 162 valence electrons. The molecule has 4 rings (SSSR count). The highest BCUT2D eigenvalue weighted by atomic mass is 16.5. The van der Waals surface area contributed by atoms with Gasteiger partial charge in [0, 0.05) is 17.8 Å². The van der Waals surface area contributed by atoms with Crippen LogP contribution in [-0.2, 0) is 6.54 Å². The third-order valence-corrected chi connectivity index (χ3v) is 5.18. The summed E-state index contributed by atoms with van der Waals surface area (Å²) < 4.78 is 12.5. The molecular weight excluding hydrogens is 402 g/mol. The minimum Gasteiger partial charge on any atom is -0.497 e. The first-order chi connectivity index (χ1) is 15.6. The molecule has 6 nitrogen and oxygen atoms in total. The number of rotatable bonds is 7. The lowest BCUT2D eigenvalue weighted by atomic mass is 10.1. The van der Waals surface area contributed by atoms with E-state index in [1.807, 2.05) is 61.5 Å². The van der Waals surface area contributed by atoms with Crippen molar-refractivity contribution in [3.63, 3.8) is 0 Å². The van der Waals surface area contributed by atoms with E-state index < -0.39 is 0 Å². The second-order valence-electron chi connectivity index (χ2n) is 7.46. The van der Waals surface area contributed by atoms with Gasteiger partial charge in [0.2, 0.25) is 0 Å². The van der Waals surface area contributed by atoms with Crippen molar-refractivity contribution >= 4 is 11.6 Å². The number of carbonyl (C=O) groups is 1. The predicted molar refractivity (Wildman–Crippen MR) is 125 cm³/mol. The number of benzene rings is 3. The van der Waals surface area contributed by atoms with Crippen LogP contribution in [0.15, 0.2) is 79.0 Å². The van der Waals surface area contributed by atoms with E-state index in [9.17, 15) is 4.79 Å². The van der Waals surface area contributed by atoms with Gasteiger partial charge in [-0.15, -0.1) is 0 Å². The maximum absolute atomic E-state index is 13.3. The third kappa shape index (κ3) is 4.64. The fourth-order valence-electron chi connectivity index (χ4n) is 3.46. The molecule has 4 aromatic rings. The van der Waals surface area contributed by atoms with Gasteiger partial charge < -0.3 is 14.8 Å². The molecule has 6 heteroatoms. The summed E-state index contributed by atoms with van der Waals surface area (Å²) in [5.41, 5.74) is 4.81. The molecule has 1 amide bonds. The molecule has 0 radical (unpaired) electrons. The molecule has 3 aromatic carbocycles. The molecular formula is C26H25N3O3. The quantitative estimate of drug-likeness (QED) is 0.442. The number of methoxy groups -OCH3 is 2. The first-order valence-corrected chi connectivity index (χ1v) is 10.3. The Kier molecular flexibility index (Phi) is 6.22. The second kappa shape index (κ2) is 9.39. The Balaban J connectivity index is 1.69. The molecule has 32 heavy (non-hydrogen) atoms. The smallest absolute Gasteiger partial charge is 0.259 e. The van der Waals surface area contributed by atoms with Crippen molar-refractivity contribution in [1.29, 1.82) is 0 Å². The van der Waals surface area contributed by atoms with Crippen LogP contribution in [0.3, 0.4) is 0 Å². The van der Waals surface area contributed by atoms with Crippen molar-refractivity contribution in [2.45, 2.75) is 13.5 Å². The molecule has 0 spiro atoms. The number of ether oxygens (including phenoxy) is 2. The van der Waals surface area contributed by atoms with Gasteiger partial charge in [-0.05, 0) is 24.6 Å². The van der Waals surface area contributed by atoms with Crippen LogP contribution in [-0.4, -0.2) is 29.9 Å². The van der Waals surface area contributed by atoms with Gasteiger partial charge in [-0.3, -0.25) is 9.48 Å². The third-order valence-electron chi connectivity index (χ3n) is 5.18. The molecule has 0 saturated heterocycles. The molecule has 0 unspecified atom stereocenters. The number of hydrogen-bond donors (Lipinski definition) is 1. The van der Waals surface area contributed by atoms with Gasteiger partial charge in [0.05, 0.1) is 32.0 Å². The van der Waals surface area contributed by atoms with E-state index >= 15 is 0 Å². The van der Waals surface area contributed by atoms with E-state index in [1.54, 1.807) is 43.3 Å². The zero-order chi connectivity index (χ0) is 22.5. The van der Waals surface area contributed by atoms with Crippen molar-refractivity contribution in [1.82, 2.24) is 9.78 Å². The van der Waals surface area contributed by atoms with Crippen LogP contribution >= 0.6 is 0 Å². The van der Waals surface area contributed by atoms with Gasteiger partial charge in [-0.25, -0.2) is 0 Å². The van der Waals surface area contributed by atoms with Crippen molar-refractivity contribution < 1.29 is 14.3 Å². The van der Waals surface area contributed by atoms with E-state index in [0.717, 1.165) is 16.7 Å². The standard InChI is InChI=1S/C26H25N3O3/c1-18-9-11-20(12-10-18)25-22(17-29(28-25)16-19-7-5-4-6-8-19)26(30)27-23-14-13-21(31-2)15-24(23)32-3/h4-15,17H,16H2,1-3H3,(H,27,30). The normalized spacial score (nSPS) is 10.6. The molecule has 0 saturated carbocycles. The van der Waals surface area contributed by atoms with Gasteiger partial charge >= 0.3 is 0 Å². The number of aryl methyl sites for hydroxylation is 1. The van der Waals surface area contributed by atoms with E-state index in [2.05, 4.69) is 5.32 Å². The Hall–Kier alpha value is -4.06. The topological polar surface area (TPSA) is 65.4 Å². The molecule has 0 aliphatic carbocycles. The van der Waals surface area contributed by atoms with Crippen LogP contribution < -0.4 is 14.8 Å². The summed E-state index contributed by atoms with van der Waals surface area (Å²) in [6, 6.07) is 23.3. The van der Waals surface area contributed by atoms with Crippen molar-refractivity contribution in [2.24, 2.45) is 0 Å². The predicted octanol–water partition coefficient (Wildman–Crippen LogP) is 5.18. The molecule has 0 fully saturated rings. The zero-order valence-corrected chi connectivity index (χ0v) is 18.3. The Morgan fingerprint density at radius 3 is 2.41 bits per heavy atom. The summed E-state index contributed by atoms with van der Waals surface area (Å²) in [4.78, 5) is 13.3. The summed E-state index contributed by atoms with van der Waals surface area (Å²) in [5, 5.41) is 7.70. The van der Waals surface area contributed by atoms with E-state index in [-0.39, 0.29) is 5.91 Å². The molecule has 1 N–H and O–H groups in total. The lowest BCUT2D eigenvalue weighted by Gasteiger charge is -2.11. The fourth-order valence-corrected chi connectivity index (χ4v) is 3.46. The number of nitrogens with one attached hydrogen (secondary N) is 1. The molecule has 1 aromatic heterocycles. The summed E-state index contributed by atoms with van der Waals surface area (Å²) >= 11 is 0.